The average Bonchev–Trinajstić information content (AvgIpc) is 2.65. The Morgan fingerprint density at radius 2 is 1.44 bits per heavy atom. The van der Waals surface area contributed by atoms with Gasteiger partial charge in [0.1, 0.15) is 5.75 Å². The van der Waals surface area contributed by atoms with Gasteiger partial charge in [0.05, 0.1) is 28.4 Å². The zero-order chi connectivity index (χ0) is 18.4. The summed E-state index contributed by atoms with van der Waals surface area (Å²) in [4.78, 5) is 0. The molecule has 0 aromatic heterocycles. The van der Waals surface area contributed by atoms with E-state index in [2.05, 4.69) is 5.32 Å². The van der Waals surface area contributed by atoms with Gasteiger partial charge in [-0.1, -0.05) is 6.07 Å². The molecule has 0 aliphatic heterocycles. The number of methoxy groups -OCH3 is 4. The molecule has 0 bridgehead atoms. The molecule has 2 aromatic carbocycles. The molecule has 2 rings (SSSR count). The highest BCUT2D eigenvalue weighted by molar-refractivity contribution is 5.50. The van der Waals surface area contributed by atoms with Crippen LogP contribution in [0.2, 0.25) is 0 Å². The fraction of sp³-hybridized carbons (Fsp3) is 0.368. The van der Waals surface area contributed by atoms with Gasteiger partial charge in [-0.3, -0.25) is 0 Å². The number of hydrogen-bond donors (Lipinski definition) is 1. The maximum atomic E-state index is 13.9. The van der Waals surface area contributed by atoms with Crippen molar-refractivity contribution in [2.75, 3.05) is 28.4 Å². The monoisotopic (exact) mass is 349 g/mol. The summed E-state index contributed by atoms with van der Waals surface area (Å²) in [5.74, 6) is 1.78. The molecule has 0 saturated carbocycles. The number of ether oxygens (including phenoxy) is 4. The number of halogens is 1. The zero-order valence-corrected chi connectivity index (χ0v) is 15.2. The van der Waals surface area contributed by atoms with Crippen LogP contribution in [0.1, 0.15) is 24.1 Å². The van der Waals surface area contributed by atoms with Gasteiger partial charge in [0.2, 0.25) is 0 Å². The Morgan fingerprint density at radius 1 is 0.840 bits per heavy atom. The largest absolute Gasteiger partial charge is 0.496 e. The summed E-state index contributed by atoms with van der Waals surface area (Å²) in [6.07, 6.45) is 0. The van der Waals surface area contributed by atoms with Crippen molar-refractivity contribution in [3.8, 4) is 23.0 Å². The van der Waals surface area contributed by atoms with Crippen molar-refractivity contribution in [2.45, 2.75) is 19.5 Å². The molecule has 0 heterocycles. The molecule has 136 valence electrons. The normalized spacial score (nSPS) is 11.8. The van der Waals surface area contributed by atoms with Crippen LogP contribution in [-0.2, 0) is 6.54 Å². The molecule has 0 saturated heterocycles. The fourth-order valence-corrected chi connectivity index (χ4v) is 2.56. The smallest absolute Gasteiger partial charge is 0.165 e. The van der Waals surface area contributed by atoms with Crippen molar-refractivity contribution in [1.29, 1.82) is 0 Å². The molecule has 5 nitrogen and oxygen atoms in total. The maximum Gasteiger partial charge on any atom is 0.165 e. The molecule has 6 heteroatoms. The van der Waals surface area contributed by atoms with Crippen LogP contribution >= 0.6 is 0 Å². The van der Waals surface area contributed by atoms with E-state index in [1.165, 1.54) is 13.2 Å². The highest BCUT2D eigenvalue weighted by atomic mass is 19.1. The Bertz CT molecular complexity index is 721. The summed E-state index contributed by atoms with van der Waals surface area (Å²) in [7, 11) is 6.22. The fourth-order valence-electron chi connectivity index (χ4n) is 2.56. The molecule has 0 fully saturated rings. The second-order valence-electron chi connectivity index (χ2n) is 5.52. The van der Waals surface area contributed by atoms with Crippen LogP contribution < -0.4 is 24.3 Å². The second-order valence-corrected chi connectivity index (χ2v) is 5.52. The van der Waals surface area contributed by atoms with Crippen molar-refractivity contribution < 1.29 is 23.3 Å². The van der Waals surface area contributed by atoms with Gasteiger partial charge in [0.15, 0.2) is 23.1 Å². The number of benzene rings is 2. The third-order valence-corrected chi connectivity index (χ3v) is 4.06. The topological polar surface area (TPSA) is 49.0 Å². The summed E-state index contributed by atoms with van der Waals surface area (Å²) in [5, 5.41) is 3.36. The molecule has 0 amide bonds. The zero-order valence-electron chi connectivity index (χ0n) is 15.2. The molecule has 2 aromatic rings. The van der Waals surface area contributed by atoms with Crippen LogP contribution in [0.15, 0.2) is 30.3 Å². The van der Waals surface area contributed by atoms with Crippen molar-refractivity contribution in [2.24, 2.45) is 0 Å². The molecule has 0 aliphatic carbocycles. The predicted octanol–water partition coefficient (Wildman–Crippen LogP) is 3.71. The maximum absolute atomic E-state index is 13.9. The number of rotatable bonds is 8. The highest BCUT2D eigenvalue weighted by Gasteiger charge is 2.14. The van der Waals surface area contributed by atoms with Gasteiger partial charge in [-0.15, -0.1) is 0 Å². The summed E-state index contributed by atoms with van der Waals surface area (Å²) in [5.41, 5.74) is 1.75. The molecular formula is C19H24FNO4. The minimum Gasteiger partial charge on any atom is -0.496 e. The summed E-state index contributed by atoms with van der Waals surface area (Å²) in [6.45, 7) is 2.49. The lowest BCUT2D eigenvalue weighted by molar-refractivity contribution is 0.346. The van der Waals surface area contributed by atoms with Crippen LogP contribution in [0.3, 0.4) is 0 Å². The van der Waals surface area contributed by atoms with Crippen molar-refractivity contribution in [3.05, 3.63) is 47.3 Å². The van der Waals surface area contributed by atoms with Gasteiger partial charge >= 0.3 is 0 Å². The Morgan fingerprint density at radius 3 is 2.00 bits per heavy atom. The Hall–Kier alpha value is -2.47. The first-order valence-corrected chi connectivity index (χ1v) is 7.89. The average molecular weight is 349 g/mol. The number of hydrogen-bond acceptors (Lipinski definition) is 5. The molecule has 0 spiro atoms. The first kappa shape index (κ1) is 18.9. The molecule has 1 atom stereocenters. The Labute approximate surface area is 147 Å². The van der Waals surface area contributed by atoms with E-state index in [0.29, 0.717) is 23.8 Å². The minimum absolute atomic E-state index is 0.0572. The van der Waals surface area contributed by atoms with E-state index in [-0.39, 0.29) is 17.6 Å². The van der Waals surface area contributed by atoms with Gasteiger partial charge in [0, 0.05) is 24.2 Å². The molecule has 0 aliphatic rings. The Balaban J connectivity index is 2.15. The predicted molar refractivity (Wildman–Crippen MR) is 94.3 cm³/mol. The summed E-state index contributed by atoms with van der Waals surface area (Å²) < 4.78 is 34.9. The minimum atomic E-state index is -0.377. The first-order chi connectivity index (χ1) is 12.0. The standard InChI is InChI=1S/C19H24FNO4/c1-12(13-6-7-16(22-2)15(20)8-13)21-11-14-9-18(24-4)19(25-5)10-17(14)23-3/h6-10,12,21H,11H2,1-5H3/t12-/m1/s1. The van der Waals surface area contributed by atoms with Gasteiger partial charge in [0.25, 0.3) is 0 Å². The summed E-state index contributed by atoms with van der Waals surface area (Å²) in [6, 6.07) is 8.53. The van der Waals surface area contributed by atoms with E-state index in [0.717, 1.165) is 11.1 Å². The van der Waals surface area contributed by atoms with Gasteiger partial charge in [-0.05, 0) is 30.7 Å². The summed E-state index contributed by atoms with van der Waals surface area (Å²) >= 11 is 0. The number of nitrogens with one attached hydrogen (secondary N) is 1. The van der Waals surface area contributed by atoms with Crippen molar-refractivity contribution in [1.82, 2.24) is 5.32 Å². The van der Waals surface area contributed by atoms with E-state index < -0.39 is 0 Å². The van der Waals surface area contributed by atoms with Crippen LogP contribution in [0.25, 0.3) is 0 Å². The van der Waals surface area contributed by atoms with Gasteiger partial charge in [-0.2, -0.15) is 0 Å². The quantitative estimate of drug-likeness (QED) is 0.787. The lowest BCUT2D eigenvalue weighted by Crippen LogP contribution is -2.18. The van der Waals surface area contributed by atoms with Crippen molar-refractivity contribution in [3.63, 3.8) is 0 Å². The molecule has 25 heavy (non-hydrogen) atoms. The van der Waals surface area contributed by atoms with E-state index in [4.69, 9.17) is 18.9 Å². The van der Waals surface area contributed by atoms with Crippen LogP contribution in [-0.4, -0.2) is 28.4 Å². The van der Waals surface area contributed by atoms with E-state index in [1.807, 2.05) is 19.1 Å². The van der Waals surface area contributed by atoms with Crippen molar-refractivity contribution >= 4 is 0 Å². The second kappa shape index (κ2) is 8.58. The first-order valence-electron chi connectivity index (χ1n) is 7.89. The molecular weight excluding hydrogens is 325 g/mol. The highest BCUT2D eigenvalue weighted by Crippen LogP contribution is 2.34. The Kier molecular flexibility index (Phi) is 6.47. The van der Waals surface area contributed by atoms with E-state index in [9.17, 15) is 4.39 Å². The van der Waals surface area contributed by atoms with E-state index >= 15 is 0 Å². The third kappa shape index (κ3) is 4.33. The SMILES string of the molecule is COc1ccc([C@@H](C)NCc2cc(OC)c(OC)cc2OC)cc1F. The molecule has 1 N–H and O–H groups in total. The lowest BCUT2D eigenvalue weighted by Gasteiger charge is -2.18. The lowest BCUT2D eigenvalue weighted by atomic mass is 10.1. The van der Waals surface area contributed by atoms with Gasteiger partial charge in [-0.25, -0.2) is 4.39 Å². The van der Waals surface area contributed by atoms with Crippen LogP contribution in [0, 0.1) is 5.82 Å². The molecule has 0 radical (unpaired) electrons. The van der Waals surface area contributed by atoms with E-state index in [1.54, 1.807) is 33.5 Å². The van der Waals surface area contributed by atoms with Gasteiger partial charge < -0.3 is 24.3 Å². The third-order valence-electron chi connectivity index (χ3n) is 4.06. The molecule has 0 unspecified atom stereocenters. The van der Waals surface area contributed by atoms with Crippen LogP contribution in [0.4, 0.5) is 4.39 Å². The van der Waals surface area contributed by atoms with Crippen LogP contribution in [0.5, 0.6) is 23.0 Å².